The van der Waals surface area contributed by atoms with Crippen LogP contribution in [0.5, 0.6) is 0 Å². The molecule has 0 spiro atoms. The molecule has 110 valence electrons. The molecule has 20 heavy (non-hydrogen) atoms. The van der Waals surface area contributed by atoms with Crippen molar-refractivity contribution >= 4 is 11.9 Å². The van der Waals surface area contributed by atoms with Gasteiger partial charge in [0.1, 0.15) is 0 Å². The summed E-state index contributed by atoms with van der Waals surface area (Å²) in [6.45, 7) is 6.33. The van der Waals surface area contributed by atoms with Crippen LogP contribution in [0.1, 0.15) is 29.8 Å². The lowest BCUT2D eigenvalue weighted by Crippen LogP contribution is -2.36. The van der Waals surface area contributed by atoms with Crippen LogP contribution in [0, 0.1) is 0 Å². The quantitative estimate of drug-likeness (QED) is 0.632. The largest absolute Gasteiger partial charge is 0.357 e. The second kappa shape index (κ2) is 8.19. The zero-order valence-corrected chi connectivity index (χ0v) is 12.7. The lowest BCUT2D eigenvalue weighted by atomic mass is 10.1. The Morgan fingerprint density at radius 2 is 1.65 bits per heavy atom. The summed E-state index contributed by atoms with van der Waals surface area (Å²) in [5, 5.41) is 6.35. The van der Waals surface area contributed by atoms with Crippen molar-refractivity contribution in [3.63, 3.8) is 0 Å². The fourth-order valence-corrected chi connectivity index (χ4v) is 1.69. The number of nitrogens with one attached hydrogen (secondary N) is 2. The predicted molar refractivity (Wildman–Crippen MR) is 83.0 cm³/mol. The number of nitrogens with zero attached hydrogens (tertiary/aromatic N) is 2. The molecule has 0 saturated heterocycles. The summed E-state index contributed by atoms with van der Waals surface area (Å²) in [6, 6.07) is 7.56. The van der Waals surface area contributed by atoms with E-state index >= 15 is 0 Å². The Kier molecular flexibility index (Phi) is 6.56. The lowest BCUT2D eigenvalue weighted by Gasteiger charge is -2.11. The molecule has 0 aliphatic heterocycles. The van der Waals surface area contributed by atoms with Gasteiger partial charge in [-0.2, -0.15) is 0 Å². The van der Waals surface area contributed by atoms with Gasteiger partial charge in [0.05, 0.1) is 6.54 Å². The number of hydrogen-bond acceptors (Lipinski definition) is 2. The zero-order chi connectivity index (χ0) is 15.0. The molecule has 0 aliphatic rings. The van der Waals surface area contributed by atoms with E-state index in [4.69, 9.17) is 0 Å². The average Bonchev–Trinajstić information content (AvgIpc) is 2.45. The molecule has 0 fully saturated rings. The van der Waals surface area contributed by atoms with Gasteiger partial charge in [-0.1, -0.05) is 12.1 Å². The van der Waals surface area contributed by atoms with Crippen LogP contribution in [-0.2, 0) is 6.54 Å². The second-order valence-corrected chi connectivity index (χ2v) is 4.62. The molecule has 1 rings (SSSR count). The van der Waals surface area contributed by atoms with Crippen molar-refractivity contribution < 1.29 is 4.79 Å². The summed E-state index contributed by atoms with van der Waals surface area (Å²) in [5.74, 6) is 0.824. The Morgan fingerprint density at radius 1 is 1.10 bits per heavy atom. The Bertz CT molecular complexity index is 443. The molecule has 0 atom stereocenters. The van der Waals surface area contributed by atoms with E-state index in [0.29, 0.717) is 12.1 Å². The van der Waals surface area contributed by atoms with Crippen molar-refractivity contribution in [1.29, 1.82) is 0 Å². The minimum Gasteiger partial charge on any atom is -0.357 e. The number of hydrogen-bond donors (Lipinski definition) is 2. The van der Waals surface area contributed by atoms with Crippen molar-refractivity contribution in [2.45, 2.75) is 20.4 Å². The first-order valence-corrected chi connectivity index (χ1v) is 6.91. The molecule has 1 aromatic rings. The maximum atomic E-state index is 11.8. The van der Waals surface area contributed by atoms with Gasteiger partial charge in [-0.25, -0.2) is 4.99 Å². The number of guanidine groups is 1. The Balaban J connectivity index is 2.69. The third kappa shape index (κ3) is 4.91. The van der Waals surface area contributed by atoms with E-state index in [2.05, 4.69) is 15.6 Å². The van der Waals surface area contributed by atoms with Crippen LogP contribution < -0.4 is 10.6 Å². The van der Waals surface area contributed by atoms with Crippen molar-refractivity contribution in [3.05, 3.63) is 35.4 Å². The van der Waals surface area contributed by atoms with E-state index in [1.807, 2.05) is 38.1 Å². The van der Waals surface area contributed by atoms with Gasteiger partial charge in [0.15, 0.2) is 5.96 Å². The zero-order valence-electron chi connectivity index (χ0n) is 12.7. The number of rotatable bonds is 5. The van der Waals surface area contributed by atoms with E-state index < -0.39 is 0 Å². The van der Waals surface area contributed by atoms with Gasteiger partial charge < -0.3 is 15.5 Å². The monoisotopic (exact) mass is 276 g/mol. The summed E-state index contributed by atoms with van der Waals surface area (Å²) in [5.41, 5.74) is 1.77. The van der Waals surface area contributed by atoms with Gasteiger partial charge in [-0.15, -0.1) is 0 Å². The molecule has 1 aromatic carbocycles. The minimum absolute atomic E-state index is 0.0149. The van der Waals surface area contributed by atoms with E-state index in [1.54, 1.807) is 19.0 Å². The summed E-state index contributed by atoms with van der Waals surface area (Å²) >= 11 is 0. The first-order valence-electron chi connectivity index (χ1n) is 6.91. The number of carbonyl (C=O) groups is 1. The van der Waals surface area contributed by atoms with E-state index in [0.717, 1.165) is 24.6 Å². The van der Waals surface area contributed by atoms with Crippen molar-refractivity contribution in [3.8, 4) is 0 Å². The molecular formula is C15H24N4O. The summed E-state index contributed by atoms with van der Waals surface area (Å²) in [6.07, 6.45) is 0. The fraction of sp³-hybridized carbons (Fsp3) is 0.467. The summed E-state index contributed by atoms with van der Waals surface area (Å²) < 4.78 is 0. The van der Waals surface area contributed by atoms with E-state index in [1.165, 1.54) is 0 Å². The smallest absolute Gasteiger partial charge is 0.253 e. The SMILES string of the molecule is CCNC(=NCc1ccc(C(=O)N(C)C)cc1)NCC. The molecule has 5 heteroatoms. The van der Waals surface area contributed by atoms with Crippen LogP contribution >= 0.6 is 0 Å². The highest BCUT2D eigenvalue weighted by atomic mass is 16.2. The van der Waals surface area contributed by atoms with Gasteiger partial charge in [0.2, 0.25) is 0 Å². The van der Waals surface area contributed by atoms with E-state index in [-0.39, 0.29) is 5.91 Å². The van der Waals surface area contributed by atoms with Crippen LogP contribution in [0.2, 0.25) is 0 Å². The highest BCUT2D eigenvalue weighted by Gasteiger charge is 2.06. The number of aliphatic imine (C=N–C) groups is 1. The number of amides is 1. The lowest BCUT2D eigenvalue weighted by molar-refractivity contribution is 0.0827. The highest BCUT2D eigenvalue weighted by molar-refractivity contribution is 5.93. The van der Waals surface area contributed by atoms with Gasteiger partial charge in [0, 0.05) is 32.7 Å². The molecule has 0 saturated carbocycles. The maximum Gasteiger partial charge on any atom is 0.253 e. The van der Waals surface area contributed by atoms with Crippen molar-refractivity contribution in [2.24, 2.45) is 4.99 Å². The Hall–Kier alpha value is -2.04. The summed E-state index contributed by atoms with van der Waals surface area (Å²) in [7, 11) is 3.50. The highest BCUT2D eigenvalue weighted by Crippen LogP contribution is 2.07. The Morgan fingerprint density at radius 3 is 2.10 bits per heavy atom. The molecule has 0 radical (unpaired) electrons. The third-order valence-corrected chi connectivity index (χ3v) is 2.72. The molecule has 1 amide bonds. The number of carbonyl (C=O) groups excluding carboxylic acids is 1. The van der Waals surface area contributed by atoms with Gasteiger partial charge >= 0.3 is 0 Å². The topological polar surface area (TPSA) is 56.7 Å². The maximum absolute atomic E-state index is 11.8. The molecule has 0 aliphatic carbocycles. The Labute approximate surface area is 121 Å². The predicted octanol–water partition coefficient (Wildman–Crippen LogP) is 1.46. The third-order valence-electron chi connectivity index (χ3n) is 2.72. The normalized spacial score (nSPS) is 9.80. The average molecular weight is 276 g/mol. The fourth-order valence-electron chi connectivity index (χ4n) is 1.69. The molecular weight excluding hydrogens is 252 g/mol. The first-order chi connectivity index (χ1) is 9.58. The van der Waals surface area contributed by atoms with Crippen molar-refractivity contribution in [1.82, 2.24) is 15.5 Å². The molecule has 0 bridgehead atoms. The second-order valence-electron chi connectivity index (χ2n) is 4.62. The molecule has 0 aromatic heterocycles. The van der Waals surface area contributed by atoms with Crippen molar-refractivity contribution in [2.75, 3.05) is 27.2 Å². The van der Waals surface area contributed by atoms with E-state index in [9.17, 15) is 4.79 Å². The molecule has 0 unspecified atom stereocenters. The van der Waals surface area contributed by atoms with Gasteiger partial charge in [-0.3, -0.25) is 4.79 Å². The molecule has 2 N–H and O–H groups in total. The summed E-state index contributed by atoms with van der Waals surface area (Å²) in [4.78, 5) is 17.8. The molecule has 5 nitrogen and oxygen atoms in total. The minimum atomic E-state index is 0.0149. The first kappa shape index (κ1) is 16.0. The van der Waals surface area contributed by atoms with Crippen LogP contribution in [0.3, 0.4) is 0 Å². The van der Waals surface area contributed by atoms with Gasteiger partial charge in [0.25, 0.3) is 5.91 Å². The molecule has 0 heterocycles. The number of benzene rings is 1. The van der Waals surface area contributed by atoms with Gasteiger partial charge in [-0.05, 0) is 31.5 Å². The standard InChI is InChI=1S/C15H24N4O/c1-5-16-15(17-6-2)18-11-12-7-9-13(10-8-12)14(20)19(3)4/h7-10H,5-6,11H2,1-4H3,(H2,16,17,18). The van der Waals surface area contributed by atoms with Crippen LogP contribution in [0.15, 0.2) is 29.3 Å². The van der Waals surface area contributed by atoms with Crippen LogP contribution in [0.25, 0.3) is 0 Å². The van der Waals surface area contributed by atoms with Crippen LogP contribution in [0.4, 0.5) is 0 Å². The van der Waals surface area contributed by atoms with Crippen LogP contribution in [-0.4, -0.2) is 44.0 Å².